The van der Waals surface area contributed by atoms with Crippen LogP contribution in [0.1, 0.15) is 33.6 Å². The molecule has 92 valence electrons. The Bertz CT molecular complexity index is 145. The molecule has 0 radical (unpaired) electrons. The zero-order valence-corrected chi connectivity index (χ0v) is 9.93. The third kappa shape index (κ3) is 7.68. The number of nitrogens with one attached hydrogen (secondary N) is 1. The number of ether oxygens (including phenoxy) is 1. The van der Waals surface area contributed by atoms with Gasteiger partial charge in [-0.2, -0.15) is 0 Å². The van der Waals surface area contributed by atoms with Crippen molar-refractivity contribution in [3.05, 3.63) is 0 Å². The molecule has 0 amide bonds. The quantitative estimate of drug-likeness (QED) is 0.607. The Morgan fingerprint density at radius 1 is 1.27 bits per heavy atom. The summed E-state index contributed by atoms with van der Waals surface area (Å²) in [7, 11) is 0. The monoisotopic (exact) mass is 223 g/mol. The van der Waals surface area contributed by atoms with Crippen molar-refractivity contribution in [3.8, 4) is 0 Å². The van der Waals surface area contributed by atoms with Crippen LogP contribution in [0.2, 0.25) is 0 Å². The van der Waals surface area contributed by atoms with Gasteiger partial charge in [0, 0.05) is 12.6 Å². The van der Waals surface area contributed by atoms with E-state index in [1.54, 1.807) is 0 Å². The smallest absolute Gasteiger partial charge is 0.261 e. The zero-order chi connectivity index (χ0) is 11.7. The van der Waals surface area contributed by atoms with Gasteiger partial charge in [-0.05, 0) is 18.9 Å². The first-order chi connectivity index (χ1) is 7.11. The van der Waals surface area contributed by atoms with E-state index in [1.807, 2.05) is 0 Å². The molecule has 0 fully saturated rings. The van der Waals surface area contributed by atoms with Crippen LogP contribution >= 0.6 is 0 Å². The lowest BCUT2D eigenvalue weighted by Gasteiger charge is -2.23. The van der Waals surface area contributed by atoms with Crippen LogP contribution in [0.5, 0.6) is 0 Å². The SMILES string of the molecule is CCNC(CCOCC(F)F)C(C)CC. The van der Waals surface area contributed by atoms with Crippen molar-refractivity contribution in [2.24, 2.45) is 5.92 Å². The Morgan fingerprint density at radius 3 is 2.40 bits per heavy atom. The minimum Gasteiger partial charge on any atom is -0.375 e. The van der Waals surface area contributed by atoms with Crippen LogP contribution in [-0.4, -0.2) is 32.2 Å². The normalized spacial score (nSPS) is 15.6. The fourth-order valence-corrected chi connectivity index (χ4v) is 1.52. The zero-order valence-electron chi connectivity index (χ0n) is 9.93. The molecule has 0 spiro atoms. The van der Waals surface area contributed by atoms with Crippen LogP contribution in [0.25, 0.3) is 0 Å². The molecule has 4 heteroatoms. The van der Waals surface area contributed by atoms with Gasteiger partial charge in [0.15, 0.2) is 0 Å². The number of hydrogen-bond acceptors (Lipinski definition) is 2. The summed E-state index contributed by atoms with van der Waals surface area (Å²) in [6, 6.07) is 0.373. The molecule has 2 atom stereocenters. The van der Waals surface area contributed by atoms with Crippen molar-refractivity contribution < 1.29 is 13.5 Å². The van der Waals surface area contributed by atoms with E-state index < -0.39 is 13.0 Å². The molecular weight excluding hydrogens is 200 g/mol. The number of alkyl halides is 2. The second-order valence-electron chi connectivity index (χ2n) is 3.80. The predicted octanol–water partition coefficient (Wildman–Crippen LogP) is 2.68. The highest BCUT2D eigenvalue weighted by Crippen LogP contribution is 2.11. The molecule has 1 N–H and O–H groups in total. The lowest BCUT2D eigenvalue weighted by Crippen LogP contribution is -2.35. The second-order valence-corrected chi connectivity index (χ2v) is 3.80. The van der Waals surface area contributed by atoms with Gasteiger partial charge in [0.25, 0.3) is 6.43 Å². The number of halogens is 2. The van der Waals surface area contributed by atoms with Crippen molar-refractivity contribution in [2.75, 3.05) is 19.8 Å². The summed E-state index contributed by atoms with van der Waals surface area (Å²) in [5.74, 6) is 0.556. The van der Waals surface area contributed by atoms with Gasteiger partial charge in [-0.1, -0.05) is 27.2 Å². The maximum absolute atomic E-state index is 11.8. The maximum atomic E-state index is 11.8. The van der Waals surface area contributed by atoms with Crippen LogP contribution in [0.15, 0.2) is 0 Å². The summed E-state index contributed by atoms with van der Waals surface area (Å²) >= 11 is 0. The highest BCUT2D eigenvalue weighted by atomic mass is 19.3. The molecule has 0 aromatic carbocycles. The average Bonchev–Trinajstić information content (AvgIpc) is 2.21. The summed E-state index contributed by atoms with van der Waals surface area (Å²) in [5, 5.41) is 3.35. The molecule has 15 heavy (non-hydrogen) atoms. The average molecular weight is 223 g/mol. The fourth-order valence-electron chi connectivity index (χ4n) is 1.52. The van der Waals surface area contributed by atoms with E-state index in [2.05, 4.69) is 26.1 Å². The van der Waals surface area contributed by atoms with E-state index in [4.69, 9.17) is 4.74 Å². The Morgan fingerprint density at radius 2 is 1.93 bits per heavy atom. The van der Waals surface area contributed by atoms with Crippen LogP contribution in [0.4, 0.5) is 8.78 Å². The molecule has 2 nitrogen and oxygen atoms in total. The van der Waals surface area contributed by atoms with E-state index in [9.17, 15) is 8.78 Å². The molecule has 0 aliphatic rings. The van der Waals surface area contributed by atoms with Crippen molar-refractivity contribution in [3.63, 3.8) is 0 Å². The highest BCUT2D eigenvalue weighted by Gasteiger charge is 2.14. The molecule has 0 aromatic heterocycles. The molecule has 0 saturated heterocycles. The van der Waals surface area contributed by atoms with Gasteiger partial charge in [0.05, 0.1) is 0 Å². The van der Waals surface area contributed by atoms with Crippen molar-refractivity contribution in [1.29, 1.82) is 0 Å². The molecule has 0 aromatic rings. The van der Waals surface area contributed by atoms with Crippen LogP contribution in [-0.2, 0) is 4.74 Å². The molecule has 0 aliphatic heterocycles. The lowest BCUT2D eigenvalue weighted by molar-refractivity contribution is 0.0130. The third-order valence-electron chi connectivity index (χ3n) is 2.61. The summed E-state index contributed by atoms with van der Waals surface area (Å²) in [5.41, 5.74) is 0. The Kier molecular flexibility index (Phi) is 8.91. The summed E-state index contributed by atoms with van der Waals surface area (Å²) in [6.45, 7) is 7.22. The molecule has 0 saturated carbocycles. The first-order valence-corrected chi connectivity index (χ1v) is 5.71. The van der Waals surface area contributed by atoms with Gasteiger partial charge in [-0.3, -0.25) is 0 Å². The Labute approximate surface area is 91.4 Å². The third-order valence-corrected chi connectivity index (χ3v) is 2.61. The first-order valence-electron chi connectivity index (χ1n) is 5.71. The highest BCUT2D eigenvalue weighted by molar-refractivity contribution is 4.71. The first kappa shape index (κ1) is 14.8. The van der Waals surface area contributed by atoms with E-state index in [-0.39, 0.29) is 0 Å². The summed E-state index contributed by atoms with van der Waals surface area (Å²) < 4.78 is 28.5. The summed E-state index contributed by atoms with van der Waals surface area (Å²) in [6.07, 6.45) is -0.464. The van der Waals surface area contributed by atoms with E-state index in [0.717, 1.165) is 19.4 Å². The van der Waals surface area contributed by atoms with E-state index >= 15 is 0 Å². The van der Waals surface area contributed by atoms with Gasteiger partial charge in [-0.25, -0.2) is 8.78 Å². The molecular formula is C11H23F2NO. The lowest BCUT2D eigenvalue weighted by atomic mass is 9.97. The Balaban J connectivity index is 3.66. The van der Waals surface area contributed by atoms with Gasteiger partial charge >= 0.3 is 0 Å². The molecule has 0 aliphatic carbocycles. The van der Waals surface area contributed by atoms with Crippen molar-refractivity contribution in [2.45, 2.75) is 46.1 Å². The standard InChI is InChI=1S/C11H23F2NO/c1-4-9(3)10(14-5-2)6-7-15-8-11(12)13/h9-11,14H,4-8H2,1-3H3. The second kappa shape index (κ2) is 9.04. The topological polar surface area (TPSA) is 21.3 Å². The van der Waals surface area contributed by atoms with Gasteiger partial charge in [0.1, 0.15) is 6.61 Å². The van der Waals surface area contributed by atoms with E-state index in [1.165, 1.54) is 0 Å². The maximum Gasteiger partial charge on any atom is 0.261 e. The fraction of sp³-hybridized carbons (Fsp3) is 1.00. The van der Waals surface area contributed by atoms with Crippen molar-refractivity contribution in [1.82, 2.24) is 5.32 Å². The minimum absolute atomic E-state index is 0.373. The molecule has 0 heterocycles. The van der Waals surface area contributed by atoms with Gasteiger partial charge in [0.2, 0.25) is 0 Å². The number of rotatable bonds is 9. The van der Waals surface area contributed by atoms with Crippen molar-refractivity contribution >= 4 is 0 Å². The molecule has 2 unspecified atom stereocenters. The predicted molar refractivity (Wildman–Crippen MR) is 58.4 cm³/mol. The minimum atomic E-state index is -2.36. The molecule has 0 bridgehead atoms. The van der Waals surface area contributed by atoms with Crippen LogP contribution in [0.3, 0.4) is 0 Å². The van der Waals surface area contributed by atoms with E-state index in [0.29, 0.717) is 18.6 Å². The van der Waals surface area contributed by atoms with Crippen LogP contribution < -0.4 is 5.32 Å². The molecule has 0 rings (SSSR count). The van der Waals surface area contributed by atoms with Gasteiger partial charge in [-0.15, -0.1) is 0 Å². The Hall–Kier alpha value is -0.220. The number of hydrogen-bond donors (Lipinski definition) is 1. The largest absolute Gasteiger partial charge is 0.375 e. The van der Waals surface area contributed by atoms with Crippen LogP contribution in [0, 0.1) is 5.92 Å². The summed E-state index contributed by atoms with van der Waals surface area (Å²) in [4.78, 5) is 0. The van der Waals surface area contributed by atoms with Gasteiger partial charge < -0.3 is 10.1 Å².